The Bertz CT molecular complexity index is 1300. The van der Waals surface area contributed by atoms with E-state index in [4.69, 9.17) is 5.73 Å². The molecular formula is C22H20N6. The minimum absolute atomic E-state index is 0.490. The number of nitrogens with zero attached hydrogens (tertiary/aromatic N) is 2. The molecule has 0 saturated carbocycles. The van der Waals surface area contributed by atoms with E-state index in [1.165, 1.54) is 16.5 Å². The normalized spacial score (nSPS) is 11.3. The molecule has 0 aliphatic heterocycles. The number of nitrogens with one attached hydrogen (secondary N) is 3. The molecule has 0 fully saturated rings. The highest BCUT2D eigenvalue weighted by atomic mass is 15.1. The van der Waals surface area contributed by atoms with Crippen LogP contribution in [0.1, 0.15) is 16.7 Å². The molecule has 0 bridgehead atoms. The molecule has 0 aliphatic rings. The highest BCUT2D eigenvalue weighted by Gasteiger charge is 2.10. The maximum absolute atomic E-state index is 6.23. The van der Waals surface area contributed by atoms with Crippen molar-refractivity contribution in [3.05, 3.63) is 77.7 Å². The van der Waals surface area contributed by atoms with Crippen molar-refractivity contribution in [2.45, 2.75) is 13.3 Å². The molecule has 0 radical (unpaired) electrons. The Morgan fingerprint density at radius 3 is 2.89 bits per heavy atom. The summed E-state index contributed by atoms with van der Waals surface area (Å²) in [7, 11) is 0. The SMILES string of the molecule is Cc1c[nH]c2cccc(Nc3ncc(Cc4ccc5[nH]ccc5c4)c(N)n3)c12. The van der Waals surface area contributed by atoms with E-state index in [2.05, 4.69) is 56.4 Å². The number of hydrogen-bond acceptors (Lipinski definition) is 4. The summed E-state index contributed by atoms with van der Waals surface area (Å²) < 4.78 is 0. The lowest BCUT2D eigenvalue weighted by Gasteiger charge is -2.10. The van der Waals surface area contributed by atoms with Gasteiger partial charge in [0.1, 0.15) is 5.82 Å². The number of fused-ring (bicyclic) bond motifs is 2. The van der Waals surface area contributed by atoms with Crippen LogP contribution in [0.2, 0.25) is 0 Å². The Morgan fingerprint density at radius 2 is 2.00 bits per heavy atom. The van der Waals surface area contributed by atoms with Gasteiger partial charge in [-0.05, 0) is 53.8 Å². The average molecular weight is 368 g/mol. The van der Waals surface area contributed by atoms with E-state index in [-0.39, 0.29) is 0 Å². The second-order valence-electron chi connectivity index (χ2n) is 7.00. The van der Waals surface area contributed by atoms with E-state index in [9.17, 15) is 0 Å². The number of nitrogens with two attached hydrogens (primary N) is 1. The van der Waals surface area contributed by atoms with Gasteiger partial charge in [0.2, 0.25) is 5.95 Å². The number of benzene rings is 2. The zero-order valence-corrected chi connectivity index (χ0v) is 15.5. The quantitative estimate of drug-likeness (QED) is 0.371. The van der Waals surface area contributed by atoms with E-state index >= 15 is 0 Å². The van der Waals surface area contributed by atoms with Gasteiger partial charge in [0.15, 0.2) is 0 Å². The summed E-state index contributed by atoms with van der Waals surface area (Å²) >= 11 is 0. The monoisotopic (exact) mass is 368 g/mol. The first-order valence-electron chi connectivity index (χ1n) is 9.18. The van der Waals surface area contributed by atoms with Gasteiger partial charge < -0.3 is 21.0 Å². The lowest BCUT2D eigenvalue weighted by Crippen LogP contribution is -2.05. The summed E-state index contributed by atoms with van der Waals surface area (Å²) in [6, 6.07) is 14.5. The van der Waals surface area contributed by atoms with Crippen LogP contribution in [-0.4, -0.2) is 19.9 Å². The summed E-state index contributed by atoms with van der Waals surface area (Å²) in [5, 5.41) is 5.62. The number of aromatic nitrogens is 4. The van der Waals surface area contributed by atoms with Crippen molar-refractivity contribution in [1.82, 2.24) is 19.9 Å². The van der Waals surface area contributed by atoms with Gasteiger partial charge in [0.05, 0.1) is 5.69 Å². The van der Waals surface area contributed by atoms with Crippen molar-refractivity contribution in [2.75, 3.05) is 11.1 Å². The Labute approximate surface area is 161 Å². The number of rotatable bonds is 4. The number of H-pyrrole nitrogens is 2. The first-order chi connectivity index (χ1) is 13.7. The standard InChI is InChI=1S/C22H20N6/c1-13-11-25-18-3-2-4-19(20(13)18)27-22-26-12-16(21(23)28-22)10-14-5-6-17-15(9-14)7-8-24-17/h2-9,11-12,24-25H,10H2,1H3,(H3,23,26,27,28). The molecule has 0 aliphatic carbocycles. The molecule has 6 nitrogen and oxygen atoms in total. The molecule has 6 heteroatoms. The van der Waals surface area contributed by atoms with Crippen LogP contribution < -0.4 is 11.1 Å². The summed E-state index contributed by atoms with van der Waals surface area (Å²) in [6.45, 7) is 2.07. The first kappa shape index (κ1) is 16.4. The van der Waals surface area contributed by atoms with E-state index in [1.807, 2.05) is 30.6 Å². The third-order valence-electron chi connectivity index (χ3n) is 5.06. The second-order valence-corrected chi connectivity index (χ2v) is 7.00. The van der Waals surface area contributed by atoms with Gasteiger partial charge in [0.25, 0.3) is 0 Å². The molecule has 3 aromatic heterocycles. The highest BCUT2D eigenvalue weighted by molar-refractivity contribution is 5.95. The molecule has 3 heterocycles. The number of aryl methyl sites for hydroxylation is 1. The van der Waals surface area contributed by atoms with Crippen molar-refractivity contribution in [1.29, 1.82) is 0 Å². The molecule has 5 N–H and O–H groups in total. The maximum atomic E-state index is 6.23. The minimum atomic E-state index is 0.490. The molecule has 0 unspecified atom stereocenters. The van der Waals surface area contributed by atoms with Gasteiger partial charge in [-0.3, -0.25) is 0 Å². The predicted octanol–water partition coefficient (Wildman–Crippen LogP) is 4.66. The predicted molar refractivity (Wildman–Crippen MR) is 114 cm³/mol. The van der Waals surface area contributed by atoms with Crippen LogP contribution in [0.15, 0.2) is 61.1 Å². The smallest absolute Gasteiger partial charge is 0.229 e. The summed E-state index contributed by atoms with van der Waals surface area (Å²) in [6.07, 6.45) is 6.43. The van der Waals surface area contributed by atoms with Gasteiger partial charge in [-0.1, -0.05) is 12.1 Å². The fourth-order valence-electron chi connectivity index (χ4n) is 3.63. The van der Waals surface area contributed by atoms with Crippen LogP contribution in [0.25, 0.3) is 21.8 Å². The molecule has 2 aromatic carbocycles. The van der Waals surface area contributed by atoms with Crippen LogP contribution in [0.3, 0.4) is 0 Å². The van der Waals surface area contributed by atoms with Crippen molar-refractivity contribution >= 4 is 39.3 Å². The Morgan fingerprint density at radius 1 is 1.07 bits per heavy atom. The fourth-order valence-corrected chi connectivity index (χ4v) is 3.63. The number of hydrogen-bond donors (Lipinski definition) is 4. The number of aromatic amines is 2. The minimum Gasteiger partial charge on any atom is -0.383 e. The lowest BCUT2D eigenvalue weighted by molar-refractivity contribution is 1.09. The van der Waals surface area contributed by atoms with Crippen molar-refractivity contribution in [2.24, 2.45) is 0 Å². The average Bonchev–Trinajstić information content (AvgIpc) is 3.31. The molecule has 0 spiro atoms. The van der Waals surface area contributed by atoms with Gasteiger partial charge in [-0.15, -0.1) is 0 Å². The highest BCUT2D eigenvalue weighted by Crippen LogP contribution is 2.28. The Balaban J connectivity index is 1.42. The van der Waals surface area contributed by atoms with Crippen molar-refractivity contribution < 1.29 is 0 Å². The van der Waals surface area contributed by atoms with Crippen LogP contribution in [0, 0.1) is 6.92 Å². The topological polar surface area (TPSA) is 95.4 Å². The Kier molecular flexibility index (Phi) is 3.76. The van der Waals surface area contributed by atoms with Gasteiger partial charge in [-0.2, -0.15) is 4.98 Å². The largest absolute Gasteiger partial charge is 0.383 e. The molecule has 0 saturated heterocycles. The van der Waals surface area contributed by atoms with Crippen molar-refractivity contribution in [3.8, 4) is 0 Å². The van der Waals surface area contributed by atoms with Crippen LogP contribution in [0.4, 0.5) is 17.5 Å². The van der Waals surface area contributed by atoms with Gasteiger partial charge >= 0.3 is 0 Å². The van der Waals surface area contributed by atoms with E-state index in [0.29, 0.717) is 18.2 Å². The number of anilines is 3. The third-order valence-corrected chi connectivity index (χ3v) is 5.06. The third kappa shape index (κ3) is 2.85. The zero-order valence-electron chi connectivity index (χ0n) is 15.5. The molecular weight excluding hydrogens is 348 g/mol. The molecule has 0 atom stereocenters. The fraction of sp³-hybridized carbons (Fsp3) is 0.0909. The van der Waals surface area contributed by atoms with E-state index < -0.39 is 0 Å². The van der Waals surface area contributed by atoms with Crippen LogP contribution >= 0.6 is 0 Å². The summed E-state index contributed by atoms with van der Waals surface area (Å²) in [4.78, 5) is 15.4. The molecule has 5 aromatic rings. The van der Waals surface area contributed by atoms with Gasteiger partial charge in [-0.25, -0.2) is 4.98 Å². The molecule has 28 heavy (non-hydrogen) atoms. The summed E-state index contributed by atoms with van der Waals surface area (Å²) in [5.41, 5.74) is 12.7. The lowest BCUT2D eigenvalue weighted by atomic mass is 10.1. The van der Waals surface area contributed by atoms with E-state index in [1.54, 1.807) is 6.20 Å². The molecule has 0 amide bonds. The van der Waals surface area contributed by atoms with Gasteiger partial charge in [0, 0.05) is 47.0 Å². The first-order valence-corrected chi connectivity index (χ1v) is 9.18. The van der Waals surface area contributed by atoms with E-state index in [0.717, 1.165) is 27.7 Å². The molecule has 5 rings (SSSR count). The van der Waals surface area contributed by atoms with Crippen LogP contribution in [-0.2, 0) is 6.42 Å². The second kappa shape index (κ2) is 6.42. The summed E-state index contributed by atoms with van der Waals surface area (Å²) in [5.74, 6) is 0.986. The van der Waals surface area contributed by atoms with Crippen LogP contribution in [0.5, 0.6) is 0 Å². The van der Waals surface area contributed by atoms with Crippen molar-refractivity contribution in [3.63, 3.8) is 0 Å². The number of nitrogen functional groups attached to an aromatic ring is 1. The maximum Gasteiger partial charge on any atom is 0.229 e. The molecule has 138 valence electrons. The zero-order chi connectivity index (χ0) is 19.1. The Hall–Kier alpha value is -3.80.